The molecule has 1 aromatic heterocycles. The lowest BCUT2D eigenvalue weighted by atomic mass is 10.1. The van der Waals surface area contributed by atoms with Crippen LogP contribution in [0.2, 0.25) is 0 Å². The second-order valence-corrected chi connectivity index (χ2v) is 6.37. The minimum Gasteiger partial charge on any atom is -0.494 e. The van der Waals surface area contributed by atoms with E-state index in [0.29, 0.717) is 22.6 Å². The summed E-state index contributed by atoms with van der Waals surface area (Å²) in [5, 5.41) is 9.39. The van der Waals surface area contributed by atoms with Gasteiger partial charge in [0, 0.05) is 0 Å². The van der Waals surface area contributed by atoms with Gasteiger partial charge < -0.3 is 10.1 Å². The Morgan fingerprint density at radius 3 is 2.33 bits per heavy atom. The van der Waals surface area contributed by atoms with E-state index in [1.165, 1.54) is 0 Å². The molecule has 10 heteroatoms. The maximum Gasteiger partial charge on any atom is 0.435 e. The molecule has 0 aliphatic carbocycles. The predicted molar refractivity (Wildman–Crippen MR) is 99.8 cm³/mol. The Balaban J connectivity index is 1.87. The van der Waals surface area contributed by atoms with E-state index < -0.39 is 35.3 Å². The average molecular weight is 422 g/mol. The zero-order valence-corrected chi connectivity index (χ0v) is 16.1. The monoisotopic (exact) mass is 422 g/mol. The number of hydrogen-bond acceptors (Lipinski definition) is 4. The number of hydrogen-bond donors (Lipinski definition) is 1. The molecule has 158 valence electrons. The van der Waals surface area contributed by atoms with Crippen LogP contribution in [0.15, 0.2) is 48.5 Å². The van der Waals surface area contributed by atoms with Gasteiger partial charge in [-0.15, -0.1) is 5.10 Å². The topological polar surface area (TPSA) is 69.0 Å². The summed E-state index contributed by atoms with van der Waals surface area (Å²) >= 11 is 0. The molecule has 1 heterocycles. The number of benzene rings is 2. The highest BCUT2D eigenvalue weighted by Crippen LogP contribution is 2.33. The molecule has 3 rings (SSSR count). The molecule has 1 unspecified atom stereocenters. The molecular weight excluding hydrogens is 404 g/mol. The molecule has 6 nitrogen and oxygen atoms in total. The van der Waals surface area contributed by atoms with Crippen molar-refractivity contribution >= 4 is 5.91 Å². The van der Waals surface area contributed by atoms with Gasteiger partial charge in [-0.1, -0.05) is 17.3 Å². The molecule has 30 heavy (non-hydrogen) atoms. The second-order valence-electron chi connectivity index (χ2n) is 6.37. The number of nitrogens with zero attached hydrogens (tertiary/aromatic N) is 3. The summed E-state index contributed by atoms with van der Waals surface area (Å²) in [7, 11) is 0. The minimum absolute atomic E-state index is 0.0742. The van der Waals surface area contributed by atoms with E-state index in [1.54, 1.807) is 31.2 Å². The molecule has 0 bridgehead atoms. The zero-order valence-electron chi connectivity index (χ0n) is 16.1. The van der Waals surface area contributed by atoms with E-state index in [1.807, 2.05) is 6.92 Å². The largest absolute Gasteiger partial charge is 0.494 e. The standard InChI is InChI=1S/C20H18F4N4O2/c1-3-30-16-10-4-13(5-11-16)12(2)25-19(29)17-18(20(22,23)24)28(27-26-17)15-8-6-14(21)7-9-15/h4-12H,3H2,1-2H3,(H,25,29). The number of ether oxygens (including phenoxy) is 1. The summed E-state index contributed by atoms with van der Waals surface area (Å²) < 4.78 is 59.9. The van der Waals surface area contributed by atoms with Crippen molar-refractivity contribution in [2.45, 2.75) is 26.1 Å². The number of amides is 1. The van der Waals surface area contributed by atoms with Gasteiger partial charge in [-0.25, -0.2) is 9.07 Å². The lowest BCUT2D eigenvalue weighted by Gasteiger charge is -2.15. The van der Waals surface area contributed by atoms with Crippen molar-refractivity contribution in [1.82, 2.24) is 20.3 Å². The van der Waals surface area contributed by atoms with Crippen molar-refractivity contribution in [2.75, 3.05) is 6.61 Å². The maximum atomic E-state index is 13.7. The summed E-state index contributed by atoms with van der Waals surface area (Å²) in [5.74, 6) is -1.01. The zero-order chi connectivity index (χ0) is 21.9. The third-order valence-electron chi connectivity index (χ3n) is 4.26. The number of carbonyl (C=O) groups is 1. The number of aromatic nitrogens is 3. The van der Waals surface area contributed by atoms with Crippen LogP contribution in [0.3, 0.4) is 0 Å². The van der Waals surface area contributed by atoms with E-state index in [4.69, 9.17) is 4.74 Å². The summed E-state index contributed by atoms with van der Waals surface area (Å²) in [5.41, 5.74) is -1.61. The van der Waals surface area contributed by atoms with Crippen LogP contribution in [0.5, 0.6) is 5.75 Å². The van der Waals surface area contributed by atoms with Gasteiger partial charge in [-0.3, -0.25) is 4.79 Å². The SMILES string of the molecule is CCOc1ccc(C(C)NC(=O)c2nnn(-c3ccc(F)cc3)c2C(F)(F)F)cc1. The first-order chi connectivity index (χ1) is 14.2. The number of carbonyl (C=O) groups excluding carboxylic acids is 1. The van der Waals surface area contributed by atoms with Crippen molar-refractivity contribution in [3.63, 3.8) is 0 Å². The van der Waals surface area contributed by atoms with E-state index >= 15 is 0 Å². The van der Waals surface area contributed by atoms with Crippen molar-refractivity contribution in [1.29, 1.82) is 0 Å². The van der Waals surface area contributed by atoms with E-state index in [2.05, 4.69) is 15.6 Å². The summed E-state index contributed by atoms with van der Waals surface area (Å²) in [6.07, 6.45) is -4.91. The number of halogens is 4. The first kappa shape index (κ1) is 21.3. The molecule has 0 spiro atoms. The van der Waals surface area contributed by atoms with Crippen LogP contribution in [0, 0.1) is 5.82 Å². The molecule has 0 saturated carbocycles. The van der Waals surface area contributed by atoms with Crippen molar-refractivity contribution in [3.8, 4) is 11.4 Å². The summed E-state index contributed by atoms with van der Waals surface area (Å²) in [6.45, 7) is 3.97. The Hall–Kier alpha value is -3.43. The molecule has 1 N–H and O–H groups in total. The van der Waals surface area contributed by atoms with Gasteiger partial charge in [0.25, 0.3) is 5.91 Å². The van der Waals surface area contributed by atoms with Gasteiger partial charge in [-0.05, 0) is 55.8 Å². The molecule has 3 aromatic rings. The number of rotatable bonds is 6. The highest BCUT2D eigenvalue weighted by molar-refractivity contribution is 5.93. The van der Waals surface area contributed by atoms with Crippen molar-refractivity contribution in [3.05, 3.63) is 71.3 Å². The van der Waals surface area contributed by atoms with Gasteiger partial charge in [0.05, 0.1) is 18.3 Å². The van der Waals surface area contributed by atoms with E-state index in [0.717, 1.165) is 24.3 Å². The normalized spacial score (nSPS) is 12.5. The van der Waals surface area contributed by atoms with Crippen LogP contribution in [-0.2, 0) is 6.18 Å². The second kappa shape index (κ2) is 8.52. The lowest BCUT2D eigenvalue weighted by molar-refractivity contribution is -0.143. The molecule has 0 aliphatic heterocycles. The van der Waals surface area contributed by atoms with Crippen LogP contribution < -0.4 is 10.1 Å². The first-order valence-electron chi connectivity index (χ1n) is 9.03. The molecule has 1 atom stereocenters. The maximum absolute atomic E-state index is 13.7. The van der Waals surface area contributed by atoms with Gasteiger partial charge in [0.1, 0.15) is 11.6 Å². The third-order valence-corrected chi connectivity index (χ3v) is 4.26. The lowest BCUT2D eigenvalue weighted by Crippen LogP contribution is -2.29. The molecule has 0 saturated heterocycles. The highest BCUT2D eigenvalue weighted by Gasteiger charge is 2.42. The van der Waals surface area contributed by atoms with Gasteiger partial charge in [0.2, 0.25) is 0 Å². The van der Waals surface area contributed by atoms with E-state index in [-0.39, 0.29) is 5.69 Å². The van der Waals surface area contributed by atoms with Crippen LogP contribution >= 0.6 is 0 Å². The van der Waals surface area contributed by atoms with Crippen LogP contribution in [-0.4, -0.2) is 27.5 Å². The molecule has 2 aromatic carbocycles. The first-order valence-corrected chi connectivity index (χ1v) is 9.03. The Labute approximate surface area is 169 Å². The number of alkyl halides is 3. The summed E-state index contributed by atoms with van der Waals surface area (Å²) in [4.78, 5) is 12.6. The number of nitrogens with one attached hydrogen (secondary N) is 1. The quantitative estimate of drug-likeness (QED) is 0.601. The fourth-order valence-corrected chi connectivity index (χ4v) is 2.82. The Bertz CT molecular complexity index is 1010. The fourth-order valence-electron chi connectivity index (χ4n) is 2.82. The predicted octanol–water partition coefficient (Wildman–Crippen LogP) is 4.31. The molecule has 0 radical (unpaired) electrons. The average Bonchev–Trinajstić information content (AvgIpc) is 3.15. The molecule has 0 aliphatic rings. The molecular formula is C20H18F4N4O2. The van der Waals surface area contributed by atoms with Crippen LogP contribution in [0.25, 0.3) is 5.69 Å². The van der Waals surface area contributed by atoms with Gasteiger partial charge in [-0.2, -0.15) is 13.2 Å². The molecule has 1 amide bonds. The summed E-state index contributed by atoms with van der Waals surface area (Å²) in [6, 6.07) is 10.4. The van der Waals surface area contributed by atoms with Crippen LogP contribution in [0.4, 0.5) is 17.6 Å². The smallest absolute Gasteiger partial charge is 0.435 e. The van der Waals surface area contributed by atoms with Crippen molar-refractivity contribution in [2.24, 2.45) is 0 Å². The van der Waals surface area contributed by atoms with Crippen molar-refractivity contribution < 1.29 is 27.1 Å². The Morgan fingerprint density at radius 1 is 1.13 bits per heavy atom. The van der Waals surface area contributed by atoms with Crippen LogP contribution in [0.1, 0.15) is 41.6 Å². The van der Waals surface area contributed by atoms with Gasteiger partial charge >= 0.3 is 6.18 Å². The minimum atomic E-state index is -4.91. The Kier molecular flexibility index (Phi) is 6.04. The fraction of sp³-hybridized carbons (Fsp3) is 0.250. The van der Waals surface area contributed by atoms with Gasteiger partial charge in [0.15, 0.2) is 11.4 Å². The third kappa shape index (κ3) is 4.58. The Morgan fingerprint density at radius 2 is 1.77 bits per heavy atom. The molecule has 0 fully saturated rings. The highest BCUT2D eigenvalue weighted by atomic mass is 19.4. The van der Waals surface area contributed by atoms with E-state index in [9.17, 15) is 22.4 Å².